The number of halogens is 1. The van der Waals surface area contributed by atoms with Crippen molar-refractivity contribution in [3.05, 3.63) is 53.8 Å². The third-order valence-corrected chi connectivity index (χ3v) is 3.72. The van der Waals surface area contributed by atoms with Crippen molar-refractivity contribution in [2.75, 3.05) is 18.2 Å². The highest BCUT2D eigenvalue weighted by Gasteiger charge is 2.15. The van der Waals surface area contributed by atoms with Crippen LogP contribution in [0.2, 0.25) is 0 Å². The van der Waals surface area contributed by atoms with Gasteiger partial charge in [-0.05, 0) is 42.7 Å². The van der Waals surface area contributed by atoms with Gasteiger partial charge >= 0.3 is 0 Å². The molecule has 3 N–H and O–H groups in total. The maximum absolute atomic E-state index is 13.1. The lowest BCUT2D eigenvalue weighted by atomic mass is 10.00. The second kappa shape index (κ2) is 7.63. The van der Waals surface area contributed by atoms with Crippen molar-refractivity contribution in [2.24, 2.45) is 5.92 Å². The Morgan fingerprint density at radius 1 is 1.30 bits per heavy atom. The van der Waals surface area contributed by atoms with Gasteiger partial charge in [0.2, 0.25) is 5.91 Å². The third-order valence-electron chi connectivity index (χ3n) is 3.72. The van der Waals surface area contributed by atoms with Gasteiger partial charge in [0.25, 0.3) is 0 Å². The van der Waals surface area contributed by atoms with Gasteiger partial charge in [-0.25, -0.2) is 4.39 Å². The number of aryl methyl sites for hydroxylation is 1. The van der Waals surface area contributed by atoms with E-state index in [-0.39, 0.29) is 17.6 Å². The fourth-order valence-electron chi connectivity index (χ4n) is 2.23. The maximum Gasteiger partial charge on any atom is 0.227 e. The normalized spacial score (nSPS) is 11.8. The quantitative estimate of drug-likeness (QED) is 0.800. The number of nitrogens with two attached hydrogens (primary N) is 1. The molecule has 0 aliphatic heterocycles. The molecule has 2 aromatic carbocycles. The Bertz CT molecular complexity index is 688. The number of benzene rings is 2. The van der Waals surface area contributed by atoms with Crippen molar-refractivity contribution >= 4 is 17.3 Å². The molecule has 122 valence electrons. The molecule has 5 heteroatoms. The van der Waals surface area contributed by atoms with Gasteiger partial charge in [-0.15, -0.1) is 0 Å². The first-order valence-electron chi connectivity index (χ1n) is 7.48. The number of carbonyl (C=O) groups excluding carboxylic acids is 1. The van der Waals surface area contributed by atoms with Crippen molar-refractivity contribution < 1.29 is 13.9 Å². The van der Waals surface area contributed by atoms with Gasteiger partial charge in [-0.3, -0.25) is 4.79 Å². The van der Waals surface area contributed by atoms with Gasteiger partial charge < -0.3 is 15.8 Å². The van der Waals surface area contributed by atoms with Crippen LogP contribution in [0.15, 0.2) is 42.5 Å². The van der Waals surface area contributed by atoms with Crippen LogP contribution in [0.4, 0.5) is 15.8 Å². The lowest BCUT2D eigenvalue weighted by Gasteiger charge is -2.14. The smallest absolute Gasteiger partial charge is 0.227 e. The first-order valence-corrected chi connectivity index (χ1v) is 7.48. The van der Waals surface area contributed by atoms with E-state index < -0.39 is 0 Å². The average molecular weight is 316 g/mol. The monoisotopic (exact) mass is 316 g/mol. The molecular formula is C18H21FN2O2. The molecule has 1 atom stereocenters. The predicted octanol–water partition coefficient (Wildman–Crippen LogP) is 3.62. The van der Waals surface area contributed by atoms with E-state index in [1.165, 1.54) is 12.1 Å². The van der Waals surface area contributed by atoms with Crippen molar-refractivity contribution in [1.29, 1.82) is 0 Å². The van der Waals surface area contributed by atoms with Crippen LogP contribution in [0, 0.1) is 11.7 Å². The van der Waals surface area contributed by atoms with Gasteiger partial charge in [-0.2, -0.15) is 0 Å². The van der Waals surface area contributed by atoms with Crippen LogP contribution in [0.5, 0.6) is 5.75 Å². The van der Waals surface area contributed by atoms with E-state index in [9.17, 15) is 9.18 Å². The molecule has 0 fully saturated rings. The first kappa shape index (κ1) is 16.8. The molecule has 0 aliphatic rings. The molecule has 0 saturated carbocycles. The average Bonchev–Trinajstić information content (AvgIpc) is 2.54. The van der Waals surface area contributed by atoms with E-state index in [2.05, 4.69) is 5.32 Å². The molecule has 0 aliphatic carbocycles. The van der Waals surface area contributed by atoms with Crippen molar-refractivity contribution in [2.45, 2.75) is 19.8 Å². The Morgan fingerprint density at radius 3 is 2.78 bits per heavy atom. The number of rotatable bonds is 6. The Hall–Kier alpha value is -2.56. The molecule has 4 nitrogen and oxygen atoms in total. The summed E-state index contributed by atoms with van der Waals surface area (Å²) in [5.74, 6) is 0.0240. The zero-order chi connectivity index (χ0) is 16.8. The highest BCUT2D eigenvalue weighted by molar-refractivity contribution is 5.95. The zero-order valence-electron chi connectivity index (χ0n) is 13.3. The number of methoxy groups -OCH3 is 1. The van der Waals surface area contributed by atoms with Gasteiger partial charge in [0, 0.05) is 12.0 Å². The molecule has 0 heterocycles. The number of nitrogen functional groups attached to an aromatic ring is 1. The van der Waals surface area contributed by atoms with Crippen LogP contribution in [-0.2, 0) is 11.2 Å². The van der Waals surface area contributed by atoms with Gasteiger partial charge in [0.05, 0.1) is 18.5 Å². The van der Waals surface area contributed by atoms with Crippen molar-refractivity contribution in [3.63, 3.8) is 0 Å². The van der Waals surface area contributed by atoms with E-state index in [0.29, 0.717) is 30.0 Å². The summed E-state index contributed by atoms with van der Waals surface area (Å²) in [4.78, 5) is 12.3. The number of ether oxygens (including phenoxy) is 1. The zero-order valence-corrected chi connectivity index (χ0v) is 13.3. The molecule has 1 amide bonds. The molecule has 2 aromatic rings. The number of amides is 1. The van der Waals surface area contributed by atoms with E-state index in [1.807, 2.05) is 13.0 Å². The molecule has 0 bridgehead atoms. The van der Waals surface area contributed by atoms with E-state index >= 15 is 0 Å². The summed E-state index contributed by atoms with van der Waals surface area (Å²) in [6.45, 7) is 1.84. The fourth-order valence-corrected chi connectivity index (χ4v) is 2.23. The Kier molecular flexibility index (Phi) is 5.57. The summed E-state index contributed by atoms with van der Waals surface area (Å²) in [5, 5.41) is 2.81. The SMILES string of the molecule is COc1ccc(N)c(NC(=O)C(C)CCc2cccc(F)c2)c1. The Labute approximate surface area is 135 Å². The lowest BCUT2D eigenvalue weighted by molar-refractivity contribution is -0.119. The highest BCUT2D eigenvalue weighted by Crippen LogP contribution is 2.25. The van der Waals surface area contributed by atoms with Crippen LogP contribution in [-0.4, -0.2) is 13.0 Å². The summed E-state index contributed by atoms with van der Waals surface area (Å²) in [6.07, 6.45) is 1.26. The highest BCUT2D eigenvalue weighted by atomic mass is 19.1. The molecule has 1 unspecified atom stereocenters. The summed E-state index contributed by atoms with van der Waals surface area (Å²) in [5.41, 5.74) is 7.76. The molecule has 23 heavy (non-hydrogen) atoms. The van der Waals surface area contributed by atoms with Crippen LogP contribution < -0.4 is 15.8 Å². The number of nitrogens with one attached hydrogen (secondary N) is 1. The van der Waals surface area contributed by atoms with Gasteiger partial charge in [0.1, 0.15) is 11.6 Å². The second-order valence-electron chi connectivity index (χ2n) is 5.51. The van der Waals surface area contributed by atoms with Gasteiger partial charge in [0.15, 0.2) is 0 Å². The van der Waals surface area contributed by atoms with Gasteiger partial charge in [-0.1, -0.05) is 19.1 Å². The summed E-state index contributed by atoms with van der Waals surface area (Å²) in [7, 11) is 1.55. The number of anilines is 2. The number of hydrogen-bond donors (Lipinski definition) is 2. The summed E-state index contributed by atoms with van der Waals surface area (Å²) >= 11 is 0. The third kappa shape index (κ3) is 4.71. The minimum absolute atomic E-state index is 0.124. The van der Waals surface area contributed by atoms with Crippen molar-refractivity contribution in [3.8, 4) is 5.75 Å². The molecule has 0 aromatic heterocycles. The van der Waals surface area contributed by atoms with E-state index in [4.69, 9.17) is 10.5 Å². The van der Waals surface area contributed by atoms with E-state index in [0.717, 1.165) is 5.56 Å². The summed E-state index contributed by atoms with van der Waals surface area (Å²) < 4.78 is 18.3. The van der Waals surface area contributed by atoms with Crippen LogP contribution in [0.1, 0.15) is 18.9 Å². The van der Waals surface area contributed by atoms with E-state index in [1.54, 1.807) is 31.4 Å². The number of hydrogen-bond acceptors (Lipinski definition) is 3. The van der Waals surface area contributed by atoms with Crippen LogP contribution in [0.3, 0.4) is 0 Å². The van der Waals surface area contributed by atoms with Crippen molar-refractivity contribution in [1.82, 2.24) is 0 Å². The fraction of sp³-hybridized carbons (Fsp3) is 0.278. The minimum atomic E-state index is -0.260. The second-order valence-corrected chi connectivity index (χ2v) is 5.51. The lowest BCUT2D eigenvalue weighted by Crippen LogP contribution is -2.21. The standard InChI is InChI=1S/C18H21FN2O2/c1-12(6-7-13-4-3-5-14(19)10-13)18(22)21-17-11-15(23-2)8-9-16(17)20/h3-5,8-12H,6-7,20H2,1-2H3,(H,21,22). The Balaban J connectivity index is 1.95. The maximum atomic E-state index is 13.1. The largest absolute Gasteiger partial charge is 0.497 e. The first-order chi connectivity index (χ1) is 11.0. The van der Waals surface area contributed by atoms with Crippen LogP contribution in [0.25, 0.3) is 0 Å². The minimum Gasteiger partial charge on any atom is -0.497 e. The summed E-state index contributed by atoms with van der Waals surface area (Å²) in [6, 6.07) is 11.5. The topological polar surface area (TPSA) is 64.3 Å². The van der Waals surface area contributed by atoms with Crippen LogP contribution >= 0.6 is 0 Å². The predicted molar refractivity (Wildman–Crippen MR) is 89.9 cm³/mol. The molecule has 0 radical (unpaired) electrons. The molecule has 0 saturated heterocycles. The molecular weight excluding hydrogens is 295 g/mol. The number of carbonyl (C=O) groups is 1. The Morgan fingerprint density at radius 2 is 2.09 bits per heavy atom. The molecule has 2 rings (SSSR count). The molecule has 0 spiro atoms.